The number of halogens is 1. The van der Waals surface area contributed by atoms with Crippen LogP contribution in [0.3, 0.4) is 0 Å². The van der Waals surface area contributed by atoms with Crippen LogP contribution in [0.15, 0.2) is 18.2 Å². The molecule has 88 valence electrons. The summed E-state index contributed by atoms with van der Waals surface area (Å²) in [5.74, 6) is -0.383. The minimum Gasteiger partial charge on any atom is -0.389 e. The molecule has 0 amide bonds. The summed E-state index contributed by atoms with van der Waals surface area (Å²) >= 11 is 4.84. The molecular weight excluding hydrogens is 223 g/mol. The summed E-state index contributed by atoms with van der Waals surface area (Å²) < 4.78 is 13.5. The zero-order valence-electron chi connectivity index (χ0n) is 9.80. The molecule has 0 aromatic heterocycles. The third kappa shape index (κ3) is 3.45. The lowest BCUT2D eigenvalue weighted by molar-refractivity contribution is 0.443. The van der Waals surface area contributed by atoms with Crippen LogP contribution >= 0.6 is 12.2 Å². The van der Waals surface area contributed by atoms with E-state index in [-0.39, 0.29) is 16.2 Å². The number of thiocarbonyl (C=S) groups is 1. The molecule has 0 atom stereocenters. The molecule has 0 unspecified atom stereocenters. The van der Waals surface area contributed by atoms with Crippen LogP contribution in [-0.2, 0) is 0 Å². The van der Waals surface area contributed by atoms with Crippen LogP contribution < -0.4 is 11.1 Å². The molecule has 1 aromatic rings. The summed E-state index contributed by atoms with van der Waals surface area (Å²) in [5, 5.41) is 3.17. The Morgan fingerprint density at radius 3 is 2.56 bits per heavy atom. The van der Waals surface area contributed by atoms with E-state index < -0.39 is 0 Å². The van der Waals surface area contributed by atoms with Crippen LogP contribution in [-0.4, -0.2) is 11.5 Å². The van der Waals surface area contributed by atoms with E-state index in [0.717, 1.165) is 6.54 Å². The van der Waals surface area contributed by atoms with E-state index in [2.05, 4.69) is 26.1 Å². The maximum Gasteiger partial charge on any atom is 0.135 e. The van der Waals surface area contributed by atoms with Gasteiger partial charge in [-0.25, -0.2) is 4.39 Å². The Kier molecular flexibility index (Phi) is 3.86. The van der Waals surface area contributed by atoms with Crippen molar-refractivity contribution in [3.63, 3.8) is 0 Å². The summed E-state index contributed by atoms with van der Waals surface area (Å²) in [5.41, 5.74) is 6.57. The lowest BCUT2D eigenvalue weighted by Crippen LogP contribution is -2.22. The lowest BCUT2D eigenvalue weighted by atomic mass is 9.96. The molecular formula is C12H17FN2S. The van der Waals surface area contributed by atoms with E-state index in [1.807, 2.05) is 0 Å². The summed E-state index contributed by atoms with van der Waals surface area (Å²) in [6.07, 6.45) is 0. The minimum atomic E-state index is -0.383. The molecule has 4 heteroatoms. The van der Waals surface area contributed by atoms with Gasteiger partial charge in [-0.15, -0.1) is 0 Å². The van der Waals surface area contributed by atoms with Gasteiger partial charge in [0.15, 0.2) is 0 Å². The predicted molar refractivity (Wildman–Crippen MR) is 70.2 cm³/mol. The second-order valence-corrected chi connectivity index (χ2v) is 5.38. The highest BCUT2D eigenvalue weighted by Gasteiger charge is 2.14. The van der Waals surface area contributed by atoms with Crippen molar-refractivity contribution in [3.05, 3.63) is 29.6 Å². The molecule has 0 aliphatic rings. The second kappa shape index (κ2) is 4.78. The Morgan fingerprint density at radius 2 is 2.06 bits per heavy atom. The fourth-order valence-electron chi connectivity index (χ4n) is 1.28. The quantitative estimate of drug-likeness (QED) is 0.798. The minimum absolute atomic E-state index is 0.0782. The highest BCUT2D eigenvalue weighted by molar-refractivity contribution is 7.80. The van der Waals surface area contributed by atoms with Gasteiger partial charge < -0.3 is 11.1 Å². The van der Waals surface area contributed by atoms with Crippen molar-refractivity contribution < 1.29 is 4.39 Å². The van der Waals surface area contributed by atoms with Crippen molar-refractivity contribution in [2.24, 2.45) is 11.1 Å². The van der Waals surface area contributed by atoms with Gasteiger partial charge in [0.25, 0.3) is 0 Å². The van der Waals surface area contributed by atoms with Gasteiger partial charge in [-0.2, -0.15) is 0 Å². The molecule has 0 radical (unpaired) electrons. The van der Waals surface area contributed by atoms with Crippen LogP contribution in [0.1, 0.15) is 26.3 Å². The molecule has 0 saturated heterocycles. The van der Waals surface area contributed by atoms with Crippen LogP contribution in [0.5, 0.6) is 0 Å². The van der Waals surface area contributed by atoms with Gasteiger partial charge in [0.1, 0.15) is 10.8 Å². The summed E-state index contributed by atoms with van der Waals surface area (Å²) in [4.78, 5) is 0.0782. The van der Waals surface area contributed by atoms with E-state index >= 15 is 0 Å². The number of hydrogen-bond acceptors (Lipinski definition) is 2. The Labute approximate surface area is 101 Å². The van der Waals surface area contributed by atoms with Crippen molar-refractivity contribution in [2.45, 2.75) is 20.8 Å². The first kappa shape index (κ1) is 12.9. The number of nitrogens with one attached hydrogen (secondary N) is 1. The first-order chi connectivity index (χ1) is 7.31. The molecule has 16 heavy (non-hydrogen) atoms. The first-order valence-electron chi connectivity index (χ1n) is 5.13. The van der Waals surface area contributed by atoms with Crippen molar-refractivity contribution >= 4 is 22.9 Å². The van der Waals surface area contributed by atoms with Gasteiger partial charge in [-0.3, -0.25) is 0 Å². The zero-order valence-corrected chi connectivity index (χ0v) is 10.6. The maximum atomic E-state index is 13.5. The summed E-state index contributed by atoms with van der Waals surface area (Å²) in [7, 11) is 0. The van der Waals surface area contributed by atoms with Gasteiger partial charge >= 0.3 is 0 Å². The molecule has 0 aliphatic carbocycles. The second-order valence-electron chi connectivity index (χ2n) is 4.94. The molecule has 0 heterocycles. The van der Waals surface area contributed by atoms with Gasteiger partial charge in [0.05, 0.1) is 5.56 Å². The maximum absolute atomic E-state index is 13.5. The molecule has 0 bridgehead atoms. The molecule has 0 aliphatic heterocycles. The van der Waals surface area contributed by atoms with E-state index in [1.54, 1.807) is 12.1 Å². The Morgan fingerprint density at radius 1 is 1.44 bits per heavy atom. The summed E-state index contributed by atoms with van der Waals surface area (Å²) in [6, 6.07) is 4.78. The van der Waals surface area contributed by atoms with E-state index in [0.29, 0.717) is 11.3 Å². The molecule has 2 nitrogen and oxygen atoms in total. The topological polar surface area (TPSA) is 38.0 Å². The monoisotopic (exact) mass is 240 g/mol. The number of benzene rings is 1. The van der Waals surface area contributed by atoms with E-state index in [9.17, 15) is 4.39 Å². The van der Waals surface area contributed by atoms with Gasteiger partial charge in [-0.1, -0.05) is 39.1 Å². The number of hydrogen-bond donors (Lipinski definition) is 2. The summed E-state index contributed by atoms with van der Waals surface area (Å²) in [6.45, 7) is 7.02. The average molecular weight is 240 g/mol. The SMILES string of the molecule is CC(C)(C)CNc1cccc(F)c1C(N)=S. The molecule has 1 rings (SSSR count). The van der Waals surface area contributed by atoms with Crippen LogP contribution in [0, 0.1) is 11.2 Å². The standard InChI is InChI=1S/C12H17FN2S/c1-12(2,3)7-15-9-6-4-5-8(13)10(9)11(14)16/h4-6,15H,7H2,1-3H3,(H2,14,16). The van der Waals surface area contributed by atoms with Crippen molar-refractivity contribution in [1.29, 1.82) is 0 Å². The third-order valence-corrected chi connectivity index (χ3v) is 2.27. The fourth-order valence-corrected chi connectivity index (χ4v) is 1.49. The first-order valence-corrected chi connectivity index (χ1v) is 5.54. The molecule has 1 aromatic carbocycles. The van der Waals surface area contributed by atoms with Crippen molar-refractivity contribution in [1.82, 2.24) is 0 Å². The zero-order chi connectivity index (χ0) is 12.3. The Balaban J connectivity index is 2.96. The van der Waals surface area contributed by atoms with E-state index in [4.69, 9.17) is 18.0 Å². The van der Waals surface area contributed by atoms with Gasteiger partial charge in [0.2, 0.25) is 0 Å². The fraction of sp³-hybridized carbons (Fsp3) is 0.417. The number of rotatable bonds is 3. The van der Waals surface area contributed by atoms with Gasteiger partial charge in [-0.05, 0) is 17.5 Å². The highest BCUT2D eigenvalue weighted by atomic mass is 32.1. The molecule has 3 N–H and O–H groups in total. The molecule has 0 fully saturated rings. The largest absolute Gasteiger partial charge is 0.389 e. The van der Waals surface area contributed by atoms with Gasteiger partial charge in [0, 0.05) is 12.2 Å². The average Bonchev–Trinajstić information content (AvgIpc) is 2.12. The van der Waals surface area contributed by atoms with Crippen molar-refractivity contribution in [3.8, 4) is 0 Å². The smallest absolute Gasteiger partial charge is 0.135 e. The number of anilines is 1. The normalized spacial score (nSPS) is 11.2. The van der Waals surface area contributed by atoms with Crippen molar-refractivity contribution in [2.75, 3.05) is 11.9 Å². The highest BCUT2D eigenvalue weighted by Crippen LogP contribution is 2.21. The Hall–Kier alpha value is -1.16. The van der Waals surface area contributed by atoms with Crippen LogP contribution in [0.25, 0.3) is 0 Å². The molecule has 0 saturated carbocycles. The van der Waals surface area contributed by atoms with Crippen LogP contribution in [0.2, 0.25) is 0 Å². The Bertz CT molecular complexity index is 396. The van der Waals surface area contributed by atoms with Crippen LogP contribution in [0.4, 0.5) is 10.1 Å². The molecule has 0 spiro atoms. The lowest BCUT2D eigenvalue weighted by Gasteiger charge is -2.21. The predicted octanol–water partition coefficient (Wildman–Crippen LogP) is 2.92. The number of nitrogens with two attached hydrogens (primary N) is 1. The van der Waals surface area contributed by atoms with E-state index in [1.165, 1.54) is 6.07 Å². The third-order valence-electron chi connectivity index (χ3n) is 2.07.